The molecule has 0 saturated heterocycles. The molecule has 0 atom stereocenters. The van der Waals surface area contributed by atoms with Gasteiger partial charge in [0.1, 0.15) is 12.4 Å². The molecule has 0 heterocycles. The smallest absolute Gasteiger partial charge is 0.256 e. The van der Waals surface area contributed by atoms with Crippen LogP contribution in [0, 0.1) is 3.57 Å². The quantitative estimate of drug-likeness (QED) is 0.550. The normalized spacial score (nSPS) is 10.3. The molecule has 0 unspecified atom stereocenters. The van der Waals surface area contributed by atoms with Crippen LogP contribution in [0.4, 0.5) is 5.69 Å². The second kappa shape index (κ2) is 8.36. The third-order valence-electron chi connectivity index (χ3n) is 2.84. The lowest BCUT2D eigenvalue weighted by Gasteiger charge is -2.09. The van der Waals surface area contributed by atoms with Gasteiger partial charge in [0.05, 0.1) is 12.2 Å². The summed E-state index contributed by atoms with van der Waals surface area (Å²) in [6.07, 6.45) is 0. The van der Waals surface area contributed by atoms with E-state index < -0.39 is 0 Å². The van der Waals surface area contributed by atoms with Gasteiger partial charge in [-0.15, -0.1) is 0 Å². The van der Waals surface area contributed by atoms with Gasteiger partial charge in [0, 0.05) is 21.4 Å². The van der Waals surface area contributed by atoms with Crippen molar-refractivity contribution >= 4 is 45.8 Å². The second-order valence-corrected chi connectivity index (χ2v) is 6.04. The van der Waals surface area contributed by atoms with Crippen LogP contribution in [0.25, 0.3) is 0 Å². The molecule has 0 bridgehead atoms. The SMILES string of the molecule is COCCOc1ccc(NC(=O)c2ccc(Cl)cc2I)cc1. The molecule has 2 aromatic carbocycles. The molecule has 0 radical (unpaired) electrons. The lowest BCUT2D eigenvalue weighted by Crippen LogP contribution is -2.13. The summed E-state index contributed by atoms with van der Waals surface area (Å²) in [7, 11) is 1.63. The van der Waals surface area contributed by atoms with Crippen LogP contribution >= 0.6 is 34.2 Å². The first-order valence-corrected chi connectivity index (χ1v) is 8.04. The Bertz CT molecular complexity index is 646. The first-order valence-electron chi connectivity index (χ1n) is 6.58. The van der Waals surface area contributed by atoms with Crippen molar-refractivity contribution in [2.75, 3.05) is 25.6 Å². The lowest BCUT2D eigenvalue weighted by molar-refractivity contribution is 0.102. The molecule has 0 aliphatic carbocycles. The highest BCUT2D eigenvalue weighted by Gasteiger charge is 2.10. The number of hydrogen-bond acceptors (Lipinski definition) is 3. The van der Waals surface area contributed by atoms with Crippen LogP contribution in [0.15, 0.2) is 42.5 Å². The van der Waals surface area contributed by atoms with Gasteiger partial charge in [-0.25, -0.2) is 0 Å². The number of nitrogens with one attached hydrogen (secondary N) is 1. The van der Waals surface area contributed by atoms with E-state index in [1.165, 1.54) is 0 Å². The molecule has 0 aliphatic rings. The predicted molar refractivity (Wildman–Crippen MR) is 95.9 cm³/mol. The summed E-state index contributed by atoms with van der Waals surface area (Å²) in [5.41, 5.74) is 1.29. The van der Waals surface area contributed by atoms with Crippen molar-refractivity contribution in [2.24, 2.45) is 0 Å². The zero-order chi connectivity index (χ0) is 15.9. The number of benzene rings is 2. The highest BCUT2D eigenvalue weighted by molar-refractivity contribution is 14.1. The number of ether oxygens (including phenoxy) is 2. The fourth-order valence-electron chi connectivity index (χ4n) is 1.75. The lowest BCUT2D eigenvalue weighted by atomic mass is 10.2. The summed E-state index contributed by atoms with van der Waals surface area (Å²) in [6.45, 7) is 1.03. The van der Waals surface area contributed by atoms with E-state index in [2.05, 4.69) is 27.9 Å². The number of amides is 1. The van der Waals surface area contributed by atoms with Gasteiger partial charge < -0.3 is 14.8 Å². The molecule has 1 amide bonds. The molecule has 2 aromatic rings. The average molecular weight is 432 g/mol. The number of carbonyl (C=O) groups is 1. The van der Waals surface area contributed by atoms with Crippen LogP contribution in [0.1, 0.15) is 10.4 Å². The first-order chi connectivity index (χ1) is 10.6. The Morgan fingerprint density at radius 3 is 2.55 bits per heavy atom. The molecule has 4 nitrogen and oxygen atoms in total. The Hall–Kier alpha value is -1.31. The van der Waals surface area contributed by atoms with E-state index in [0.717, 1.165) is 9.32 Å². The van der Waals surface area contributed by atoms with Crippen molar-refractivity contribution in [2.45, 2.75) is 0 Å². The monoisotopic (exact) mass is 431 g/mol. The van der Waals surface area contributed by atoms with Gasteiger partial charge in [0.15, 0.2) is 0 Å². The third kappa shape index (κ3) is 4.86. The number of hydrogen-bond donors (Lipinski definition) is 1. The molecule has 1 N–H and O–H groups in total. The summed E-state index contributed by atoms with van der Waals surface area (Å²) < 4.78 is 11.2. The minimum atomic E-state index is -0.172. The van der Waals surface area contributed by atoms with E-state index in [-0.39, 0.29) is 5.91 Å². The Morgan fingerprint density at radius 1 is 1.18 bits per heavy atom. The Morgan fingerprint density at radius 2 is 1.91 bits per heavy atom. The van der Waals surface area contributed by atoms with Crippen LogP contribution in [0.3, 0.4) is 0 Å². The molecule has 0 fully saturated rings. The minimum Gasteiger partial charge on any atom is -0.491 e. The number of methoxy groups -OCH3 is 1. The Kier molecular flexibility index (Phi) is 6.48. The number of halogens is 2. The average Bonchev–Trinajstić information content (AvgIpc) is 2.49. The Balaban J connectivity index is 1.99. The van der Waals surface area contributed by atoms with Crippen molar-refractivity contribution in [1.82, 2.24) is 0 Å². The van der Waals surface area contributed by atoms with Crippen LogP contribution in [0.5, 0.6) is 5.75 Å². The molecule has 22 heavy (non-hydrogen) atoms. The van der Waals surface area contributed by atoms with Gasteiger partial charge in [0.25, 0.3) is 5.91 Å². The molecule has 0 saturated carbocycles. The largest absolute Gasteiger partial charge is 0.491 e. The molecular weight excluding hydrogens is 417 g/mol. The number of carbonyl (C=O) groups excluding carboxylic acids is 1. The van der Waals surface area contributed by atoms with Crippen molar-refractivity contribution in [3.8, 4) is 5.75 Å². The molecule has 0 spiro atoms. The summed E-state index contributed by atoms with van der Waals surface area (Å²) >= 11 is 7.98. The highest BCUT2D eigenvalue weighted by atomic mass is 127. The van der Waals surface area contributed by atoms with E-state index >= 15 is 0 Å². The first kappa shape index (κ1) is 17.1. The number of rotatable bonds is 6. The van der Waals surface area contributed by atoms with Gasteiger partial charge in [-0.1, -0.05) is 11.6 Å². The maximum Gasteiger partial charge on any atom is 0.256 e. The Labute approximate surface area is 147 Å². The summed E-state index contributed by atoms with van der Waals surface area (Å²) in [4.78, 5) is 12.2. The molecule has 0 aliphatic heterocycles. The fraction of sp³-hybridized carbons (Fsp3) is 0.188. The minimum absolute atomic E-state index is 0.172. The van der Waals surface area contributed by atoms with Gasteiger partial charge in [-0.2, -0.15) is 0 Å². The second-order valence-electron chi connectivity index (χ2n) is 4.44. The summed E-state index contributed by atoms with van der Waals surface area (Å²) in [5.74, 6) is 0.560. The van der Waals surface area contributed by atoms with Crippen molar-refractivity contribution in [3.05, 3.63) is 56.6 Å². The third-order valence-corrected chi connectivity index (χ3v) is 3.97. The van der Waals surface area contributed by atoms with E-state index in [1.807, 2.05) is 0 Å². The van der Waals surface area contributed by atoms with Gasteiger partial charge in [-0.3, -0.25) is 4.79 Å². The van der Waals surface area contributed by atoms with Gasteiger partial charge in [0.2, 0.25) is 0 Å². The maximum absolute atomic E-state index is 12.2. The van der Waals surface area contributed by atoms with Crippen LogP contribution in [0.2, 0.25) is 5.02 Å². The highest BCUT2D eigenvalue weighted by Crippen LogP contribution is 2.20. The van der Waals surface area contributed by atoms with Crippen molar-refractivity contribution < 1.29 is 14.3 Å². The fourth-order valence-corrected chi connectivity index (χ4v) is 2.87. The van der Waals surface area contributed by atoms with Crippen molar-refractivity contribution in [1.29, 1.82) is 0 Å². The van der Waals surface area contributed by atoms with E-state index in [0.29, 0.717) is 29.5 Å². The van der Waals surface area contributed by atoms with E-state index in [1.54, 1.807) is 49.6 Å². The zero-order valence-electron chi connectivity index (χ0n) is 11.9. The standard InChI is InChI=1S/C16H15ClINO3/c1-21-8-9-22-13-5-3-12(4-6-13)19-16(20)14-7-2-11(17)10-15(14)18/h2-7,10H,8-9H2,1H3,(H,19,20). The van der Waals surface area contributed by atoms with Gasteiger partial charge in [-0.05, 0) is 65.1 Å². The molecular formula is C16H15ClINO3. The number of anilines is 1. The zero-order valence-corrected chi connectivity index (χ0v) is 14.8. The van der Waals surface area contributed by atoms with E-state index in [9.17, 15) is 4.79 Å². The maximum atomic E-state index is 12.2. The molecule has 6 heteroatoms. The van der Waals surface area contributed by atoms with Gasteiger partial charge >= 0.3 is 0 Å². The molecule has 2 rings (SSSR count). The summed E-state index contributed by atoms with van der Waals surface area (Å²) in [5, 5.41) is 3.46. The van der Waals surface area contributed by atoms with Crippen LogP contribution in [-0.4, -0.2) is 26.2 Å². The van der Waals surface area contributed by atoms with Crippen LogP contribution in [-0.2, 0) is 4.74 Å². The van der Waals surface area contributed by atoms with Crippen molar-refractivity contribution in [3.63, 3.8) is 0 Å². The van der Waals surface area contributed by atoms with Crippen LogP contribution < -0.4 is 10.1 Å². The van der Waals surface area contributed by atoms with E-state index in [4.69, 9.17) is 21.1 Å². The predicted octanol–water partition coefficient (Wildman–Crippen LogP) is 4.22. The molecule has 116 valence electrons. The molecule has 0 aromatic heterocycles. The topological polar surface area (TPSA) is 47.6 Å². The summed E-state index contributed by atoms with van der Waals surface area (Å²) in [6, 6.07) is 12.4.